The molecule has 6 nitrogen and oxygen atoms in total. The van der Waals surface area contributed by atoms with E-state index in [9.17, 15) is 14.4 Å². The molecule has 2 N–H and O–H groups in total. The zero-order valence-electron chi connectivity index (χ0n) is 11.3. The van der Waals surface area contributed by atoms with Gasteiger partial charge in [0, 0.05) is 11.8 Å². The molecule has 0 bridgehead atoms. The van der Waals surface area contributed by atoms with Crippen molar-refractivity contribution in [1.29, 1.82) is 0 Å². The molecule has 3 rings (SSSR count). The van der Waals surface area contributed by atoms with Crippen molar-refractivity contribution in [3.8, 4) is 0 Å². The van der Waals surface area contributed by atoms with Gasteiger partial charge in [0.1, 0.15) is 5.58 Å². The fraction of sp³-hybridized carbons (Fsp3) is 0.133. The van der Waals surface area contributed by atoms with Gasteiger partial charge in [0.05, 0.1) is 11.2 Å². The second-order valence-electron chi connectivity index (χ2n) is 4.76. The highest BCUT2D eigenvalue weighted by atomic mass is 32.2. The zero-order valence-corrected chi connectivity index (χ0v) is 12.1. The minimum Gasteiger partial charge on any atom is -0.481 e. The van der Waals surface area contributed by atoms with E-state index in [-0.39, 0.29) is 11.7 Å². The van der Waals surface area contributed by atoms with Crippen LogP contribution in [-0.2, 0) is 16.0 Å². The summed E-state index contributed by atoms with van der Waals surface area (Å²) in [7, 11) is 0. The van der Waals surface area contributed by atoms with E-state index in [1.165, 1.54) is 0 Å². The smallest absolute Gasteiger partial charge is 0.303 e. The molecule has 2 heterocycles. The van der Waals surface area contributed by atoms with Crippen LogP contribution in [0.4, 0.5) is 4.79 Å². The van der Waals surface area contributed by atoms with Crippen molar-refractivity contribution in [2.24, 2.45) is 0 Å². The summed E-state index contributed by atoms with van der Waals surface area (Å²) in [5.74, 6) is -1.28. The maximum absolute atomic E-state index is 11.5. The molecule has 1 aliphatic rings. The molecule has 1 aromatic heterocycles. The number of fused-ring (bicyclic) bond motifs is 1. The van der Waals surface area contributed by atoms with Crippen LogP contribution in [0.15, 0.2) is 33.8 Å². The van der Waals surface area contributed by atoms with E-state index in [0.717, 1.165) is 28.3 Å². The van der Waals surface area contributed by atoms with Crippen molar-refractivity contribution >= 4 is 45.9 Å². The third kappa shape index (κ3) is 2.89. The number of imide groups is 1. The molecule has 22 heavy (non-hydrogen) atoms. The Bertz CT molecular complexity index is 820. The molecule has 0 unspecified atom stereocenters. The van der Waals surface area contributed by atoms with Crippen molar-refractivity contribution in [2.45, 2.75) is 12.8 Å². The van der Waals surface area contributed by atoms with Crippen LogP contribution in [0, 0.1) is 0 Å². The summed E-state index contributed by atoms with van der Waals surface area (Å²) in [6.07, 6.45) is 3.56. The van der Waals surface area contributed by atoms with Gasteiger partial charge in [-0.15, -0.1) is 0 Å². The lowest BCUT2D eigenvalue weighted by atomic mass is 10.1. The van der Waals surface area contributed by atoms with Crippen LogP contribution in [0.1, 0.15) is 17.5 Å². The summed E-state index contributed by atoms with van der Waals surface area (Å²) in [4.78, 5) is 33.7. The molecule has 0 saturated carbocycles. The monoisotopic (exact) mass is 317 g/mol. The molecular weight excluding hydrogens is 306 g/mol. The number of carbonyl (C=O) groups excluding carboxylic acids is 2. The normalized spacial score (nSPS) is 16.5. The van der Waals surface area contributed by atoms with E-state index in [4.69, 9.17) is 9.52 Å². The molecule has 1 aliphatic heterocycles. The van der Waals surface area contributed by atoms with Gasteiger partial charge in [-0.2, -0.15) is 0 Å². The van der Waals surface area contributed by atoms with E-state index in [0.29, 0.717) is 16.9 Å². The SMILES string of the molecule is O=C(O)CCc1coc2ccc(/C=C3\SC(=O)NC3=O)cc12. The Morgan fingerprint density at radius 3 is 2.86 bits per heavy atom. The number of benzene rings is 1. The minimum atomic E-state index is -0.870. The van der Waals surface area contributed by atoms with Gasteiger partial charge in [0.2, 0.25) is 0 Å². The molecule has 112 valence electrons. The predicted octanol–water partition coefficient (Wildman–Crippen LogP) is 2.77. The van der Waals surface area contributed by atoms with Crippen LogP contribution in [0.2, 0.25) is 0 Å². The molecule has 1 aromatic carbocycles. The van der Waals surface area contributed by atoms with Gasteiger partial charge < -0.3 is 9.52 Å². The first-order valence-corrected chi connectivity index (χ1v) is 7.31. The maximum atomic E-state index is 11.5. The van der Waals surface area contributed by atoms with E-state index in [1.54, 1.807) is 24.5 Å². The summed E-state index contributed by atoms with van der Waals surface area (Å²) in [5, 5.41) is 11.4. The number of amides is 2. The quantitative estimate of drug-likeness (QED) is 0.842. The van der Waals surface area contributed by atoms with Gasteiger partial charge in [-0.25, -0.2) is 0 Å². The predicted molar refractivity (Wildman–Crippen MR) is 81.3 cm³/mol. The number of carboxylic acids is 1. The Kier molecular flexibility index (Phi) is 3.72. The largest absolute Gasteiger partial charge is 0.481 e. The highest BCUT2D eigenvalue weighted by Gasteiger charge is 2.24. The molecule has 1 saturated heterocycles. The molecule has 1 fully saturated rings. The number of rotatable bonds is 4. The van der Waals surface area contributed by atoms with Crippen LogP contribution < -0.4 is 5.32 Å². The lowest BCUT2D eigenvalue weighted by molar-refractivity contribution is -0.137. The fourth-order valence-corrected chi connectivity index (χ4v) is 2.88. The van der Waals surface area contributed by atoms with Crippen LogP contribution in [-0.4, -0.2) is 22.2 Å². The number of hydrogen-bond acceptors (Lipinski definition) is 5. The maximum Gasteiger partial charge on any atom is 0.303 e. The standard InChI is InChI=1S/C15H11NO5S/c17-13(18)4-2-9-7-21-11-3-1-8(5-10(9)11)6-12-14(19)16-15(20)22-12/h1,3,5-7H,2,4H2,(H,17,18)(H,16,19,20)/b12-6-. The van der Waals surface area contributed by atoms with E-state index in [1.807, 2.05) is 6.07 Å². The first kappa shape index (κ1) is 14.4. The first-order valence-electron chi connectivity index (χ1n) is 6.50. The lowest BCUT2D eigenvalue weighted by Gasteiger charge is -1.98. The van der Waals surface area contributed by atoms with Gasteiger partial charge in [-0.3, -0.25) is 19.7 Å². The van der Waals surface area contributed by atoms with Crippen molar-refractivity contribution in [1.82, 2.24) is 5.32 Å². The summed E-state index contributed by atoms with van der Waals surface area (Å²) in [6.45, 7) is 0. The first-order chi connectivity index (χ1) is 10.5. The average molecular weight is 317 g/mol. The minimum absolute atomic E-state index is 0.0205. The molecule has 2 amide bonds. The highest BCUT2D eigenvalue weighted by molar-refractivity contribution is 8.18. The number of carboxylic acid groups (broad SMARTS) is 1. The van der Waals surface area contributed by atoms with Crippen molar-refractivity contribution < 1.29 is 23.9 Å². The number of carbonyl (C=O) groups is 3. The summed E-state index contributed by atoms with van der Waals surface area (Å²) >= 11 is 0.855. The molecule has 0 spiro atoms. The van der Waals surface area contributed by atoms with Gasteiger partial charge in [0.25, 0.3) is 11.1 Å². The molecule has 2 aromatic rings. The van der Waals surface area contributed by atoms with Gasteiger partial charge in [0.15, 0.2) is 0 Å². The highest BCUT2D eigenvalue weighted by Crippen LogP contribution is 2.28. The van der Waals surface area contributed by atoms with E-state index >= 15 is 0 Å². The molecule has 0 radical (unpaired) electrons. The summed E-state index contributed by atoms with van der Waals surface area (Å²) in [6, 6.07) is 5.35. The molecule has 0 aliphatic carbocycles. The van der Waals surface area contributed by atoms with Gasteiger partial charge >= 0.3 is 5.97 Å². The van der Waals surface area contributed by atoms with Crippen molar-refractivity contribution in [3.05, 3.63) is 40.5 Å². The topological polar surface area (TPSA) is 96.6 Å². The fourth-order valence-electron chi connectivity index (χ4n) is 2.20. The molecule has 7 heteroatoms. The number of aryl methyl sites for hydroxylation is 1. The average Bonchev–Trinajstić information content (AvgIpc) is 3.00. The van der Waals surface area contributed by atoms with E-state index in [2.05, 4.69) is 5.32 Å². The van der Waals surface area contributed by atoms with Crippen molar-refractivity contribution in [2.75, 3.05) is 0 Å². The Balaban J connectivity index is 1.93. The second kappa shape index (κ2) is 5.69. The number of hydrogen-bond donors (Lipinski definition) is 2. The van der Waals surface area contributed by atoms with E-state index < -0.39 is 11.9 Å². The third-order valence-electron chi connectivity index (χ3n) is 3.23. The number of nitrogens with one attached hydrogen (secondary N) is 1. The van der Waals surface area contributed by atoms with Crippen LogP contribution in [0.3, 0.4) is 0 Å². The second-order valence-corrected chi connectivity index (χ2v) is 5.78. The van der Waals surface area contributed by atoms with Crippen LogP contribution in [0.5, 0.6) is 0 Å². The summed E-state index contributed by atoms with van der Waals surface area (Å²) < 4.78 is 5.39. The Morgan fingerprint density at radius 2 is 2.18 bits per heavy atom. The number of aliphatic carboxylic acids is 1. The molecular formula is C15H11NO5S. The number of thioether (sulfide) groups is 1. The van der Waals surface area contributed by atoms with Crippen molar-refractivity contribution in [3.63, 3.8) is 0 Å². The Labute approximate surface area is 129 Å². The lowest BCUT2D eigenvalue weighted by Crippen LogP contribution is -2.17. The Hall–Kier alpha value is -2.54. The molecule has 0 atom stereocenters. The summed E-state index contributed by atoms with van der Waals surface area (Å²) in [5.41, 5.74) is 2.21. The third-order valence-corrected chi connectivity index (χ3v) is 4.04. The Morgan fingerprint density at radius 1 is 1.36 bits per heavy atom. The zero-order chi connectivity index (χ0) is 15.7. The van der Waals surface area contributed by atoms with Crippen LogP contribution >= 0.6 is 11.8 Å². The van der Waals surface area contributed by atoms with Gasteiger partial charge in [-0.05, 0) is 47.5 Å². The number of furan rings is 1. The van der Waals surface area contributed by atoms with Gasteiger partial charge in [-0.1, -0.05) is 6.07 Å². The van der Waals surface area contributed by atoms with Crippen LogP contribution in [0.25, 0.3) is 17.0 Å².